The summed E-state index contributed by atoms with van der Waals surface area (Å²) in [6.45, 7) is 5.60. The first-order chi connectivity index (χ1) is 11.1. The van der Waals surface area contributed by atoms with Gasteiger partial charge >= 0.3 is 0 Å². The van der Waals surface area contributed by atoms with Gasteiger partial charge < -0.3 is 20.6 Å². The van der Waals surface area contributed by atoms with Crippen LogP contribution < -0.4 is 10.1 Å². The van der Waals surface area contributed by atoms with E-state index in [1.54, 1.807) is 20.2 Å². The smallest absolute Gasteiger partial charge is 0.126 e. The number of benzene rings is 1. The lowest BCUT2D eigenvalue weighted by Gasteiger charge is -2.15. The molecule has 0 aliphatic rings. The summed E-state index contributed by atoms with van der Waals surface area (Å²) >= 11 is 0. The van der Waals surface area contributed by atoms with Crippen molar-refractivity contribution >= 4 is 11.8 Å². The van der Waals surface area contributed by atoms with Crippen molar-refractivity contribution in [3.8, 4) is 11.5 Å². The lowest BCUT2D eigenvalue weighted by molar-refractivity contribution is 0.398. The number of phenols is 1. The first-order valence-electron chi connectivity index (χ1n) is 7.68. The number of phenolic OH excluding ortho intramolecular Hbond substituents is 1. The van der Waals surface area contributed by atoms with E-state index >= 15 is 0 Å². The number of nitrogens with one attached hydrogen (secondary N) is 2. The molecule has 0 saturated carbocycles. The Balaban J connectivity index is 3.32. The van der Waals surface area contributed by atoms with Crippen molar-refractivity contribution in [2.24, 2.45) is 0 Å². The normalized spacial score (nSPS) is 12.0. The van der Waals surface area contributed by atoms with Crippen LogP contribution >= 0.6 is 0 Å². The zero-order valence-corrected chi connectivity index (χ0v) is 14.1. The van der Waals surface area contributed by atoms with Gasteiger partial charge in [0, 0.05) is 30.6 Å². The third kappa shape index (κ3) is 4.74. The molecule has 0 aliphatic carbocycles. The minimum absolute atomic E-state index is 0.214. The van der Waals surface area contributed by atoms with Crippen molar-refractivity contribution in [1.82, 2.24) is 5.32 Å². The lowest BCUT2D eigenvalue weighted by atomic mass is 9.95. The summed E-state index contributed by atoms with van der Waals surface area (Å²) in [4.78, 5) is 0. The third-order valence-electron chi connectivity index (χ3n) is 3.62. The molecular formula is C19H26N2O2. The van der Waals surface area contributed by atoms with Crippen LogP contribution in [0.3, 0.4) is 0 Å². The predicted molar refractivity (Wildman–Crippen MR) is 97.4 cm³/mol. The van der Waals surface area contributed by atoms with Gasteiger partial charge in [-0.05, 0) is 49.5 Å². The molecule has 1 aromatic carbocycles. The number of unbranched alkanes of at least 4 members (excludes halogenated alkanes) is 1. The molecule has 124 valence electrons. The van der Waals surface area contributed by atoms with Crippen LogP contribution in [0.5, 0.6) is 11.5 Å². The molecule has 1 rings (SSSR count). The zero-order valence-electron chi connectivity index (χ0n) is 14.1. The molecule has 0 radical (unpaired) electrons. The Bertz CT molecular complexity index is 616. The first-order valence-corrected chi connectivity index (χ1v) is 7.68. The molecule has 1 aromatic rings. The van der Waals surface area contributed by atoms with E-state index in [2.05, 4.69) is 11.9 Å². The van der Waals surface area contributed by atoms with Crippen LogP contribution in [0.15, 0.2) is 42.6 Å². The van der Waals surface area contributed by atoms with Gasteiger partial charge in [0.15, 0.2) is 0 Å². The summed E-state index contributed by atoms with van der Waals surface area (Å²) in [7, 11) is 3.40. The molecule has 0 heterocycles. The summed E-state index contributed by atoms with van der Waals surface area (Å²) in [5, 5.41) is 21.0. The lowest BCUT2D eigenvalue weighted by Crippen LogP contribution is -2.01. The fourth-order valence-corrected chi connectivity index (χ4v) is 2.44. The maximum atomic E-state index is 10.4. The minimum atomic E-state index is 0.214. The van der Waals surface area contributed by atoms with Crippen LogP contribution in [0.1, 0.15) is 30.9 Å². The Morgan fingerprint density at radius 2 is 2.17 bits per heavy atom. The Kier molecular flexibility index (Phi) is 7.67. The summed E-state index contributed by atoms with van der Waals surface area (Å²) < 4.78 is 5.46. The fraction of sp³-hybridized carbons (Fsp3) is 0.316. The van der Waals surface area contributed by atoms with Gasteiger partial charge in [0.1, 0.15) is 11.5 Å². The SMILES string of the molecule is C=CCCCc1c(O)cc(C(=C/NC)/C(C=N)=C\C)cc1OC. The van der Waals surface area contributed by atoms with E-state index in [0.29, 0.717) is 5.75 Å². The highest BCUT2D eigenvalue weighted by molar-refractivity contribution is 5.99. The summed E-state index contributed by atoms with van der Waals surface area (Å²) in [6.07, 6.45) is 9.37. The van der Waals surface area contributed by atoms with E-state index in [9.17, 15) is 5.11 Å². The van der Waals surface area contributed by atoms with Crippen LogP contribution in [0.25, 0.3) is 5.57 Å². The quantitative estimate of drug-likeness (QED) is 0.279. The standard InChI is InChI=1S/C19H26N2O2/c1-5-7-8-9-16-18(22)10-15(11-19(16)23-4)17(13-21-3)14(6-2)12-20/h5-6,10-13,20-22H,1,7-9H2,2-4H3/b14-6-,17-13+,20-12?. The molecular weight excluding hydrogens is 288 g/mol. The maximum absolute atomic E-state index is 10.4. The van der Waals surface area contributed by atoms with Crippen LogP contribution in [0.4, 0.5) is 0 Å². The van der Waals surface area contributed by atoms with Gasteiger partial charge in [-0.2, -0.15) is 0 Å². The molecule has 0 unspecified atom stereocenters. The Morgan fingerprint density at radius 1 is 1.43 bits per heavy atom. The molecule has 3 N–H and O–H groups in total. The van der Waals surface area contributed by atoms with Crippen molar-refractivity contribution in [1.29, 1.82) is 5.41 Å². The first kappa shape index (κ1) is 18.6. The molecule has 0 spiro atoms. The summed E-state index contributed by atoms with van der Waals surface area (Å²) in [5.74, 6) is 0.873. The maximum Gasteiger partial charge on any atom is 0.126 e. The van der Waals surface area contributed by atoms with Gasteiger partial charge in [0.2, 0.25) is 0 Å². The Morgan fingerprint density at radius 3 is 2.70 bits per heavy atom. The van der Waals surface area contributed by atoms with Crippen molar-refractivity contribution in [2.45, 2.75) is 26.2 Å². The van der Waals surface area contributed by atoms with Crippen molar-refractivity contribution < 1.29 is 9.84 Å². The van der Waals surface area contributed by atoms with Gasteiger partial charge in [0.05, 0.1) is 7.11 Å². The van der Waals surface area contributed by atoms with Crippen LogP contribution in [-0.4, -0.2) is 25.5 Å². The average Bonchev–Trinajstić information content (AvgIpc) is 2.56. The van der Waals surface area contributed by atoms with Crippen LogP contribution in [0.2, 0.25) is 0 Å². The number of aromatic hydroxyl groups is 1. The second kappa shape index (κ2) is 9.51. The largest absolute Gasteiger partial charge is 0.508 e. The van der Waals surface area contributed by atoms with E-state index in [4.69, 9.17) is 10.1 Å². The number of hydrogen-bond donors (Lipinski definition) is 3. The predicted octanol–water partition coefficient (Wildman–Crippen LogP) is 4.07. The van der Waals surface area contributed by atoms with Crippen molar-refractivity contribution in [2.75, 3.05) is 14.2 Å². The number of methoxy groups -OCH3 is 1. The molecule has 0 saturated heterocycles. The Labute approximate surface area is 138 Å². The number of allylic oxidation sites excluding steroid dienone is 4. The van der Waals surface area contributed by atoms with E-state index in [1.807, 2.05) is 31.3 Å². The van der Waals surface area contributed by atoms with E-state index in [-0.39, 0.29) is 5.75 Å². The highest BCUT2D eigenvalue weighted by atomic mass is 16.5. The zero-order chi connectivity index (χ0) is 17.2. The number of rotatable bonds is 9. The molecule has 0 aromatic heterocycles. The van der Waals surface area contributed by atoms with Gasteiger partial charge in [0.25, 0.3) is 0 Å². The highest BCUT2D eigenvalue weighted by Gasteiger charge is 2.14. The van der Waals surface area contributed by atoms with Crippen molar-refractivity contribution in [3.05, 3.63) is 53.8 Å². The molecule has 4 nitrogen and oxygen atoms in total. The second-order valence-electron chi connectivity index (χ2n) is 5.09. The molecule has 4 heteroatoms. The summed E-state index contributed by atoms with van der Waals surface area (Å²) in [5.41, 5.74) is 3.20. The molecule has 0 aliphatic heterocycles. The van der Waals surface area contributed by atoms with Crippen LogP contribution in [-0.2, 0) is 6.42 Å². The minimum Gasteiger partial charge on any atom is -0.508 e. The monoisotopic (exact) mass is 314 g/mol. The topological polar surface area (TPSA) is 65.3 Å². The van der Waals surface area contributed by atoms with Gasteiger partial charge in [-0.15, -0.1) is 6.58 Å². The van der Waals surface area contributed by atoms with Gasteiger partial charge in [-0.1, -0.05) is 12.2 Å². The summed E-state index contributed by atoms with van der Waals surface area (Å²) in [6, 6.07) is 3.63. The molecule has 0 fully saturated rings. The third-order valence-corrected chi connectivity index (χ3v) is 3.62. The fourth-order valence-electron chi connectivity index (χ4n) is 2.44. The molecule has 0 bridgehead atoms. The van der Waals surface area contributed by atoms with Gasteiger partial charge in [-0.25, -0.2) is 0 Å². The van der Waals surface area contributed by atoms with E-state index in [0.717, 1.165) is 41.5 Å². The second-order valence-corrected chi connectivity index (χ2v) is 5.09. The van der Waals surface area contributed by atoms with E-state index in [1.165, 1.54) is 6.21 Å². The van der Waals surface area contributed by atoms with Crippen LogP contribution in [0, 0.1) is 5.41 Å². The van der Waals surface area contributed by atoms with E-state index < -0.39 is 0 Å². The molecule has 0 atom stereocenters. The Hall–Kier alpha value is -2.49. The molecule has 0 amide bonds. The number of hydrogen-bond acceptors (Lipinski definition) is 4. The van der Waals surface area contributed by atoms with Crippen molar-refractivity contribution in [3.63, 3.8) is 0 Å². The molecule has 23 heavy (non-hydrogen) atoms. The van der Waals surface area contributed by atoms with Gasteiger partial charge in [-0.3, -0.25) is 0 Å². The highest BCUT2D eigenvalue weighted by Crippen LogP contribution is 2.35. The number of ether oxygens (including phenoxy) is 1. The average molecular weight is 314 g/mol.